The van der Waals surface area contributed by atoms with Crippen LogP contribution in [0.25, 0.3) is 6.08 Å². The van der Waals surface area contributed by atoms with E-state index in [9.17, 15) is 0 Å². The maximum Gasteiger partial charge on any atom is 0.138 e. The summed E-state index contributed by atoms with van der Waals surface area (Å²) in [6, 6.07) is 3.68. The minimum absolute atomic E-state index is 0.601. The smallest absolute Gasteiger partial charge is 0.138 e. The molecule has 1 aromatic rings. The van der Waals surface area contributed by atoms with Gasteiger partial charge in [-0.05, 0) is 18.2 Å². The van der Waals surface area contributed by atoms with Gasteiger partial charge in [0, 0.05) is 11.8 Å². The number of fused-ring (bicyclic) bond motifs is 1. The van der Waals surface area contributed by atoms with Crippen LogP contribution < -0.4 is 10.1 Å². The van der Waals surface area contributed by atoms with Crippen molar-refractivity contribution in [2.45, 2.75) is 0 Å². The Bertz CT molecular complexity index is 347. The van der Waals surface area contributed by atoms with E-state index in [1.165, 1.54) is 0 Å². The summed E-state index contributed by atoms with van der Waals surface area (Å²) < 4.78 is 5.06. The van der Waals surface area contributed by atoms with Crippen molar-refractivity contribution >= 4 is 23.4 Å². The molecule has 0 unspecified atom stereocenters. The third-order valence-electron chi connectivity index (χ3n) is 1.77. The number of nitrogens with zero attached hydrogens (tertiary/aromatic N) is 1. The number of rotatable bonds is 1. The lowest BCUT2D eigenvalue weighted by Crippen LogP contribution is -1.87. The van der Waals surface area contributed by atoms with Gasteiger partial charge in [-0.2, -0.15) is 0 Å². The second-order valence-corrected chi connectivity index (χ2v) is 2.90. The molecule has 0 saturated carbocycles. The van der Waals surface area contributed by atoms with E-state index in [1.54, 1.807) is 19.4 Å². The summed E-state index contributed by atoms with van der Waals surface area (Å²) in [6.07, 6.45) is 3.68. The van der Waals surface area contributed by atoms with Crippen LogP contribution in [0.2, 0.25) is 5.02 Å². The first-order valence-corrected chi connectivity index (χ1v) is 3.94. The first kappa shape index (κ1) is 7.50. The Morgan fingerprint density at radius 2 is 2.25 bits per heavy atom. The second-order valence-electron chi connectivity index (χ2n) is 2.49. The molecule has 0 aliphatic carbocycles. The summed E-state index contributed by atoms with van der Waals surface area (Å²) in [4.78, 5) is 0. The van der Waals surface area contributed by atoms with Crippen LogP contribution in [-0.2, 0) is 0 Å². The fourth-order valence-corrected chi connectivity index (χ4v) is 1.39. The number of methoxy groups -OCH3 is 1. The van der Waals surface area contributed by atoms with E-state index >= 15 is 0 Å². The van der Waals surface area contributed by atoms with Crippen LogP contribution in [-0.4, -0.2) is 7.11 Å². The lowest BCUT2D eigenvalue weighted by molar-refractivity contribution is 0.415. The molecule has 61 valence electrons. The molecular formula is C9H7ClNO. The SMILES string of the molecule is COc1cc2c(cc1Cl)[N]C=C2. The molecule has 0 saturated heterocycles. The molecule has 1 radical (unpaired) electrons. The zero-order chi connectivity index (χ0) is 8.55. The maximum absolute atomic E-state index is 5.90. The van der Waals surface area contributed by atoms with E-state index in [0.29, 0.717) is 10.8 Å². The summed E-state index contributed by atoms with van der Waals surface area (Å²) in [5.41, 5.74) is 1.96. The normalized spacial score (nSPS) is 12.5. The fourth-order valence-electron chi connectivity index (χ4n) is 1.16. The predicted molar refractivity (Wildman–Crippen MR) is 48.8 cm³/mol. The number of hydrogen-bond acceptors (Lipinski definition) is 1. The highest BCUT2D eigenvalue weighted by molar-refractivity contribution is 6.32. The molecule has 2 rings (SSSR count). The summed E-state index contributed by atoms with van der Waals surface area (Å²) in [5, 5.41) is 4.72. The van der Waals surface area contributed by atoms with Crippen molar-refractivity contribution in [1.82, 2.24) is 5.32 Å². The molecular weight excluding hydrogens is 174 g/mol. The predicted octanol–water partition coefficient (Wildman–Crippen LogP) is 2.57. The lowest BCUT2D eigenvalue weighted by Gasteiger charge is -2.04. The molecule has 1 aliphatic heterocycles. The van der Waals surface area contributed by atoms with Crippen LogP contribution in [0, 0.1) is 0 Å². The lowest BCUT2D eigenvalue weighted by atomic mass is 10.2. The van der Waals surface area contributed by atoms with E-state index in [4.69, 9.17) is 16.3 Å². The molecule has 0 N–H and O–H groups in total. The molecule has 12 heavy (non-hydrogen) atoms. The number of hydrogen-bond donors (Lipinski definition) is 0. The van der Waals surface area contributed by atoms with E-state index in [1.807, 2.05) is 12.1 Å². The van der Waals surface area contributed by atoms with E-state index < -0.39 is 0 Å². The Morgan fingerprint density at radius 3 is 3.00 bits per heavy atom. The summed E-state index contributed by atoms with van der Waals surface area (Å²) >= 11 is 5.90. The minimum atomic E-state index is 0.601. The van der Waals surface area contributed by atoms with Crippen LogP contribution in [0.5, 0.6) is 5.75 Å². The quantitative estimate of drug-likeness (QED) is 0.652. The van der Waals surface area contributed by atoms with Crippen molar-refractivity contribution in [3.05, 3.63) is 28.9 Å². The Hall–Kier alpha value is -1.15. The second kappa shape index (κ2) is 2.72. The molecule has 0 bridgehead atoms. The van der Waals surface area contributed by atoms with Crippen molar-refractivity contribution in [1.29, 1.82) is 0 Å². The van der Waals surface area contributed by atoms with Gasteiger partial charge in [-0.15, -0.1) is 0 Å². The first-order chi connectivity index (χ1) is 5.81. The van der Waals surface area contributed by atoms with Gasteiger partial charge in [0.05, 0.1) is 17.8 Å². The number of ether oxygens (including phenoxy) is 1. The van der Waals surface area contributed by atoms with Crippen molar-refractivity contribution < 1.29 is 4.74 Å². The van der Waals surface area contributed by atoms with E-state index in [2.05, 4.69) is 5.32 Å². The highest BCUT2D eigenvalue weighted by atomic mass is 35.5. The monoisotopic (exact) mass is 180 g/mol. The molecule has 0 amide bonds. The van der Waals surface area contributed by atoms with Gasteiger partial charge in [0.25, 0.3) is 0 Å². The van der Waals surface area contributed by atoms with Crippen LogP contribution >= 0.6 is 11.6 Å². The molecule has 0 aromatic heterocycles. The van der Waals surface area contributed by atoms with Crippen molar-refractivity contribution in [3.8, 4) is 5.75 Å². The molecule has 3 heteroatoms. The average Bonchev–Trinajstić information content (AvgIpc) is 2.49. The summed E-state index contributed by atoms with van der Waals surface area (Å²) in [7, 11) is 1.60. The molecule has 0 atom stereocenters. The van der Waals surface area contributed by atoms with E-state index in [0.717, 1.165) is 11.3 Å². The van der Waals surface area contributed by atoms with Crippen LogP contribution in [0.3, 0.4) is 0 Å². The van der Waals surface area contributed by atoms with E-state index in [-0.39, 0.29) is 0 Å². The maximum atomic E-state index is 5.90. The molecule has 1 aromatic carbocycles. The Balaban J connectivity index is 2.55. The zero-order valence-electron chi connectivity index (χ0n) is 6.54. The molecule has 1 aliphatic rings. The van der Waals surface area contributed by atoms with Crippen LogP contribution in [0.1, 0.15) is 5.56 Å². The highest BCUT2D eigenvalue weighted by Crippen LogP contribution is 2.33. The van der Waals surface area contributed by atoms with Crippen LogP contribution in [0.15, 0.2) is 18.3 Å². The topological polar surface area (TPSA) is 23.3 Å². The third kappa shape index (κ3) is 1.04. The van der Waals surface area contributed by atoms with Crippen LogP contribution in [0.4, 0.5) is 5.69 Å². The third-order valence-corrected chi connectivity index (χ3v) is 2.06. The van der Waals surface area contributed by atoms with Gasteiger partial charge in [-0.1, -0.05) is 11.6 Å². The largest absolute Gasteiger partial charge is 0.495 e. The van der Waals surface area contributed by atoms with Gasteiger partial charge < -0.3 is 4.74 Å². The zero-order valence-corrected chi connectivity index (χ0v) is 7.30. The van der Waals surface area contributed by atoms with Gasteiger partial charge in [-0.25, -0.2) is 0 Å². The van der Waals surface area contributed by atoms with Crippen molar-refractivity contribution in [3.63, 3.8) is 0 Å². The Labute approximate surface area is 75.8 Å². The fraction of sp³-hybridized carbons (Fsp3) is 0.111. The molecule has 0 spiro atoms. The minimum Gasteiger partial charge on any atom is -0.495 e. The van der Waals surface area contributed by atoms with Gasteiger partial charge in [0.15, 0.2) is 0 Å². The van der Waals surface area contributed by atoms with Gasteiger partial charge in [-0.3, -0.25) is 5.32 Å². The summed E-state index contributed by atoms with van der Waals surface area (Å²) in [6.45, 7) is 0. The van der Waals surface area contributed by atoms with Gasteiger partial charge in [0.2, 0.25) is 0 Å². The molecule has 2 nitrogen and oxygen atoms in total. The average molecular weight is 181 g/mol. The summed E-state index contributed by atoms with van der Waals surface area (Å²) in [5.74, 6) is 0.692. The Morgan fingerprint density at radius 1 is 1.42 bits per heavy atom. The van der Waals surface area contributed by atoms with Crippen molar-refractivity contribution in [2.24, 2.45) is 0 Å². The Kier molecular flexibility index (Phi) is 1.70. The molecule has 1 heterocycles. The van der Waals surface area contributed by atoms with Gasteiger partial charge in [0.1, 0.15) is 5.75 Å². The first-order valence-electron chi connectivity index (χ1n) is 3.56. The number of halogens is 1. The highest BCUT2D eigenvalue weighted by Gasteiger charge is 2.10. The molecule has 0 fully saturated rings. The number of benzene rings is 1. The standard InChI is InChI=1S/C9H7ClNO/c1-12-9-4-6-2-3-11-8(6)5-7(9)10/h2-5H,1H3. The van der Waals surface area contributed by atoms with Gasteiger partial charge >= 0.3 is 0 Å². The van der Waals surface area contributed by atoms with Crippen molar-refractivity contribution in [2.75, 3.05) is 7.11 Å².